The van der Waals surface area contributed by atoms with Crippen molar-refractivity contribution in [1.82, 2.24) is 15.5 Å². The maximum Gasteiger partial charge on any atom is 0.241 e. The fourth-order valence-electron chi connectivity index (χ4n) is 1.92. The van der Waals surface area contributed by atoms with E-state index in [0.29, 0.717) is 37.8 Å². The molecule has 0 saturated carbocycles. The number of hydrogen-bond acceptors (Lipinski definition) is 3. The summed E-state index contributed by atoms with van der Waals surface area (Å²) in [5, 5.41) is 6.16. The van der Waals surface area contributed by atoms with Crippen LogP contribution in [0.1, 0.15) is 24.5 Å². The van der Waals surface area contributed by atoms with E-state index in [-0.39, 0.29) is 18.3 Å². The second-order valence-electron chi connectivity index (χ2n) is 5.87. The fraction of sp³-hybridized carbons (Fsp3) is 0.556. The summed E-state index contributed by atoms with van der Waals surface area (Å²) in [6.45, 7) is 6.18. The van der Waals surface area contributed by atoms with E-state index in [4.69, 9.17) is 4.74 Å². The first-order chi connectivity index (χ1) is 11.9. The first-order valence-electron chi connectivity index (χ1n) is 8.49. The van der Waals surface area contributed by atoms with Crippen molar-refractivity contribution in [2.24, 2.45) is 4.99 Å². The summed E-state index contributed by atoms with van der Waals surface area (Å²) in [7, 11) is 3.40. The van der Waals surface area contributed by atoms with Crippen LogP contribution in [0.4, 0.5) is 4.39 Å². The number of aliphatic imine (C=N–C) groups is 1. The Morgan fingerprint density at radius 3 is 2.72 bits per heavy atom. The fourth-order valence-corrected chi connectivity index (χ4v) is 1.92. The van der Waals surface area contributed by atoms with Gasteiger partial charge in [0, 0.05) is 33.9 Å². The maximum atomic E-state index is 13.6. The Hall–Kier alpha value is -2.15. The Labute approximate surface area is 149 Å². The number of hydrogen-bond donors (Lipinski definition) is 2. The van der Waals surface area contributed by atoms with Gasteiger partial charge in [0.1, 0.15) is 5.82 Å². The van der Waals surface area contributed by atoms with Gasteiger partial charge in [-0.05, 0) is 37.5 Å². The number of halogens is 1. The lowest BCUT2D eigenvalue weighted by Gasteiger charge is -2.15. The van der Waals surface area contributed by atoms with Crippen molar-refractivity contribution in [2.45, 2.75) is 26.8 Å². The van der Waals surface area contributed by atoms with E-state index in [2.05, 4.69) is 15.6 Å². The molecule has 1 aromatic carbocycles. The molecule has 1 aromatic rings. The van der Waals surface area contributed by atoms with Gasteiger partial charge in [-0.15, -0.1) is 0 Å². The first-order valence-corrected chi connectivity index (χ1v) is 8.49. The van der Waals surface area contributed by atoms with Gasteiger partial charge in [0.2, 0.25) is 5.91 Å². The van der Waals surface area contributed by atoms with Gasteiger partial charge in [0.15, 0.2) is 5.96 Å². The van der Waals surface area contributed by atoms with Gasteiger partial charge in [-0.25, -0.2) is 9.38 Å². The topological polar surface area (TPSA) is 66.0 Å². The van der Waals surface area contributed by atoms with Gasteiger partial charge < -0.3 is 20.3 Å². The van der Waals surface area contributed by atoms with Crippen LogP contribution in [0, 0.1) is 12.7 Å². The van der Waals surface area contributed by atoms with Crippen LogP contribution >= 0.6 is 0 Å². The van der Waals surface area contributed by atoms with Gasteiger partial charge in [-0.3, -0.25) is 4.79 Å². The molecule has 2 N–H and O–H groups in total. The molecule has 0 radical (unpaired) electrons. The summed E-state index contributed by atoms with van der Waals surface area (Å²) in [6.07, 6.45) is 0.829. The van der Waals surface area contributed by atoms with Crippen molar-refractivity contribution in [3.63, 3.8) is 0 Å². The van der Waals surface area contributed by atoms with Crippen molar-refractivity contribution in [1.29, 1.82) is 0 Å². The zero-order valence-electron chi connectivity index (χ0n) is 15.6. The molecule has 0 unspecified atom stereocenters. The van der Waals surface area contributed by atoms with E-state index in [0.717, 1.165) is 12.0 Å². The molecule has 0 saturated heterocycles. The Balaban J connectivity index is 2.63. The lowest BCUT2D eigenvalue weighted by atomic mass is 10.1. The number of carbonyl (C=O) groups excluding carboxylic acids is 1. The van der Waals surface area contributed by atoms with Crippen LogP contribution in [0.15, 0.2) is 23.2 Å². The van der Waals surface area contributed by atoms with Gasteiger partial charge in [0.05, 0.1) is 13.1 Å². The van der Waals surface area contributed by atoms with Crippen LogP contribution < -0.4 is 10.6 Å². The number of guanidine groups is 1. The number of rotatable bonds is 9. The van der Waals surface area contributed by atoms with E-state index < -0.39 is 0 Å². The average molecular weight is 352 g/mol. The van der Waals surface area contributed by atoms with Gasteiger partial charge in [-0.2, -0.15) is 0 Å². The summed E-state index contributed by atoms with van der Waals surface area (Å²) < 4.78 is 18.9. The van der Waals surface area contributed by atoms with Gasteiger partial charge in [0.25, 0.3) is 0 Å². The monoisotopic (exact) mass is 352 g/mol. The molecule has 0 aliphatic heterocycles. The Morgan fingerprint density at radius 1 is 1.32 bits per heavy atom. The lowest BCUT2D eigenvalue weighted by Crippen LogP contribution is -2.43. The van der Waals surface area contributed by atoms with Crippen molar-refractivity contribution >= 4 is 11.9 Å². The number of aryl methyl sites for hydroxylation is 1. The third kappa shape index (κ3) is 8.49. The van der Waals surface area contributed by atoms with E-state index in [1.165, 1.54) is 11.0 Å². The van der Waals surface area contributed by atoms with E-state index in [1.54, 1.807) is 27.1 Å². The third-order valence-corrected chi connectivity index (χ3v) is 3.52. The SMILES string of the molecule is CCOCCCNC(=NCc1ccc(C)c(F)c1)NCC(=O)N(C)C. The largest absolute Gasteiger partial charge is 0.382 e. The second-order valence-corrected chi connectivity index (χ2v) is 5.87. The number of benzene rings is 1. The minimum atomic E-state index is -0.241. The van der Waals surface area contributed by atoms with Crippen molar-refractivity contribution < 1.29 is 13.9 Å². The quantitative estimate of drug-likeness (QED) is 0.403. The number of amides is 1. The molecular formula is C18H29FN4O2. The number of nitrogens with zero attached hydrogens (tertiary/aromatic N) is 2. The zero-order valence-corrected chi connectivity index (χ0v) is 15.6. The van der Waals surface area contributed by atoms with E-state index in [9.17, 15) is 9.18 Å². The first kappa shape index (κ1) is 20.9. The summed E-state index contributed by atoms with van der Waals surface area (Å²) in [5.41, 5.74) is 1.38. The number of ether oxygens (including phenoxy) is 1. The molecule has 0 atom stereocenters. The number of nitrogens with one attached hydrogen (secondary N) is 2. The Kier molecular flexibility index (Phi) is 9.54. The standard InChI is InChI=1S/C18H29FN4O2/c1-5-25-10-6-9-20-18(22-13-17(24)23(3)4)21-12-15-8-7-14(2)16(19)11-15/h7-8,11H,5-6,9-10,12-13H2,1-4H3,(H2,20,21,22). The summed E-state index contributed by atoms with van der Waals surface area (Å²) >= 11 is 0. The molecule has 0 aliphatic carbocycles. The molecule has 140 valence electrons. The minimum Gasteiger partial charge on any atom is -0.382 e. The van der Waals surface area contributed by atoms with Gasteiger partial charge in [-0.1, -0.05) is 12.1 Å². The highest BCUT2D eigenvalue weighted by Gasteiger charge is 2.06. The summed E-state index contributed by atoms with van der Waals surface area (Å²) in [6, 6.07) is 5.06. The van der Waals surface area contributed by atoms with Crippen LogP contribution in [0.5, 0.6) is 0 Å². The highest BCUT2D eigenvalue weighted by Crippen LogP contribution is 2.09. The minimum absolute atomic E-state index is 0.0507. The molecule has 0 aromatic heterocycles. The Bertz CT molecular complexity index is 576. The molecule has 0 heterocycles. The van der Waals surface area contributed by atoms with Crippen LogP contribution in [-0.4, -0.2) is 57.2 Å². The van der Waals surface area contributed by atoms with Crippen molar-refractivity contribution in [3.05, 3.63) is 35.1 Å². The molecule has 6 nitrogen and oxygen atoms in total. The Morgan fingerprint density at radius 2 is 2.08 bits per heavy atom. The van der Waals surface area contributed by atoms with Crippen LogP contribution in [0.2, 0.25) is 0 Å². The van der Waals surface area contributed by atoms with E-state index >= 15 is 0 Å². The van der Waals surface area contributed by atoms with Crippen LogP contribution in [-0.2, 0) is 16.1 Å². The molecule has 0 aliphatic rings. The molecule has 1 rings (SSSR count). The molecular weight excluding hydrogens is 323 g/mol. The molecule has 0 fully saturated rings. The summed E-state index contributed by atoms with van der Waals surface area (Å²) in [4.78, 5) is 17.7. The normalized spacial score (nSPS) is 11.3. The predicted molar refractivity (Wildman–Crippen MR) is 98.1 cm³/mol. The molecule has 0 spiro atoms. The van der Waals surface area contributed by atoms with E-state index in [1.807, 2.05) is 13.0 Å². The lowest BCUT2D eigenvalue weighted by molar-refractivity contribution is -0.127. The highest BCUT2D eigenvalue weighted by atomic mass is 19.1. The van der Waals surface area contributed by atoms with Crippen molar-refractivity contribution in [2.75, 3.05) is 40.4 Å². The molecule has 0 bridgehead atoms. The van der Waals surface area contributed by atoms with Crippen LogP contribution in [0.25, 0.3) is 0 Å². The van der Waals surface area contributed by atoms with Crippen molar-refractivity contribution in [3.8, 4) is 0 Å². The summed E-state index contributed by atoms with van der Waals surface area (Å²) in [5.74, 6) is 0.229. The predicted octanol–water partition coefficient (Wildman–Crippen LogP) is 1.68. The average Bonchev–Trinajstić information content (AvgIpc) is 2.58. The molecule has 7 heteroatoms. The number of likely N-dealkylation sites (N-methyl/N-ethyl adjacent to an activating group) is 1. The van der Waals surface area contributed by atoms with Gasteiger partial charge >= 0.3 is 0 Å². The second kappa shape index (κ2) is 11.4. The smallest absolute Gasteiger partial charge is 0.241 e. The van der Waals surface area contributed by atoms with Crippen LogP contribution in [0.3, 0.4) is 0 Å². The highest BCUT2D eigenvalue weighted by molar-refractivity contribution is 5.86. The maximum absolute atomic E-state index is 13.6. The molecule has 1 amide bonds. The zero-order chi connectivity index (χ0) is 18.7. The molecule has 25 heavy (non-hydrogen) atoms. The third-order valence-electron chi connectivity index (χ3n) is 3.52. The number of carbonyl (C=O) groups is 1.